The highest BCUT2D eigenvalue weighted by molar-refractivity contribution is 5.81. The zero-order valence-corrected chi connectivity index (χ0v) is 14.7. The molecular formula is C16H30O8. The van der Waals surface area contributed by atoms with Crippen LogP contribution in [0.25, 0.3) is 0 Å². The predicted molar refractivity (Wildman–Crippen MR) is 85.1 cm³/mol. The van der Waals surface area contributed by atoms with E-state index < -0.39 is 29.6 Å². The topological polar surface area (TPSA) is 123 Å². The SMILES string of the molecule is CCCCCCC(OO)C(=O)OC(C)C(=O)OCC(C)(CO)CO. The smallest absolute Gasteiger partial charge is 0.347 e. The highest BCUT2D eigenvalue weighted by Crippen LogP contribution is 2.15. The van der Waals surface area contributed by atoms with Gasteiger partial charge in [-0.2, -0.15) is 0 Å². The number of rotatable bonds is 13. The van der Waals surface area contributed by atoms with Crippen molar-refractivity contribution in [3.05, 3.63) is 0 Å². The average molecular weight is 350 g/mol. The Morgan fingerprint density at radius 3 is 2.21 bits per heavy atom. The van der Waals surface area contributed by atoms with Crippen molar-refractivity contribution < 1.29 is 39.4 Å². The van der Waals surface area contributed by atoms with Crippen LogP contribution in [0.4, 0.5) is 0 Å². The molecule has 0 saturated carbocycles. The lowest BCUT2D eigenvalue weighted by Gasteiger charge is -2.24. The van der Waals surface area contributed by atoms with E-state index in [-0.39, 0.29) is 19.8 Å². The molecule has 0 aromatic carbocycles. The molecule has 0 heterocycles. The molecule has 0 amide bonds. The lowest BCUT2D eigenvalue weighted by molar-refractivity contribution is -0.280. The molecule has 0 aliphatic rings. The molecule has 0 aliphatic carbocycles. The van der Waals surface area contributed by atoms with Gasteiger partial charge < -0.3 is 19.7 Å². The summed E-state index contributed by atoms with van der Waals surface area (Å²) in [5.41, 5.74) is -0.963. The van der Waals surface area contributed by atoms with E-state index in [1.165, 1.54) is 6.92 Å². The standard InChI is InChI=1S/C16H30O8/c1-4-5-6-7-8-13(24-21)15(20)23-12(2)14(19)22-11-16(3,9-17)10-18/h12-13,17-18,21H,4-11H2,1-3H3. The number of carbonyl (C=O) groups excluding carboxylic acids is 2. The third kappa shape index (κ3) is 8.58. The first-order chi connectivity index (χ1) is 11.3. The Kier molecular flexibility index (Phi) is 11.6. The van der Waals surface area contributed by atoms with Crippen molar-refractivity contribution >= 4 is 11.9 Å². The fourth-order valence-electron chi connectivity index (χ4n) is 1.77. The summed E-state index contributed by atoms with van der Waals surface area (Å²) in [5, 5.41) is 27.1. The summed E-state index contributed by atoms with van der Waals surface area (Å²) in [7, 11) is 0. The second-order valence-electron chi connectivity index (χ2n) is 6.26. The van der Waals surface area contributed by atoms with Crippen molar-refractivity contribution in [1.29, 1.82) is 0 Å². The Morgan fingerprint density at radius 1 is 1.08 bits per heavy atom. The molecule has 0 aliphatic heterocycles. The van der Waals surface area contributed by atoms with Gasteiger partial charge in [-0.25, -0.2) is 14.5 Å². The van der Waals surface area contributed by atoms with Crippen molar-refractivity contribution in [2.24, 2.45) is 5.41 Å². The van der Waals surface area contributed by atoms with Gasteiger partial charge in [0.15, 0.2) is 12.2 Å². The molecule has 142 valence electrons. The van der Waals surface area contributed by atoms with Gasteiger partial charge in [-0.05, 0) is 13.3 Å². The van der Waals surface area contributed by atoms with Gasteiger partial charge in [0.2, 0.25) is 0 Å². The number of hydrogen-bond donors (Lipinski definition) is 3. The average Bonchev–Trinajstić information content (AvgIpc) is 2.59. The highest BCUT2D eigenvalue weighted by atomic mass is 17.1. The highest BCUT2D eigenvalue weighted by Gasteiger charge is 2.29. The maximum atomic E-state index is 11.9. The monoisotopic (exact) mass is 350 g/mol. The van der Waals surface area contributed by atoms with E-state index in [0.29, 0.717) is 12.8 Å². The Balaban J connectivity index is 4.32. The molecule has 2 unspecified atom stereocenters. The lowest BCUT2D eigenvalue weighted by Crippen LogP contribution is -2.37. The number of esters is 2. The third-order valence-electron chi connectivity index (χ3n) is 3.66. The molecule has 8 nitrogen and oxygen atoms in total. The fourth-order valence-corrected chi connectivity index (χ4v) is 1.77. The fraction of sp³-hybridized carbons (Fsp3) is 0.875. The van der Waals surface area contributed by atoms with Crippen molar-refractivity contribution in [1.82, 2.24) is 0 Å². The van der Waals surface area contributed by atoms with Crippen molar-refractivity contribution in [3.63, 3.8) is 0 Å². The van der Waals surface area contributed by atoms with E-state index in [1.54, 1.807) is 6.92 Å². The van der Waals surface area contributed by atoms with Crippen LogP contribution in [0.15, 0.2) is 0 Å². The van der Waals surface area contributed by atoms with E-state index in [4.69, 9.17) is 24.9 Å². The van der Waals surface area contributed by atoms with Crippen LogP contribution in [0.5, 0.6) is 0 Å². The minimum atomic E-state index is -1.19. The van der Waals surface area contributed by atoms with E-state index in [9.17, 15) is 9.59 Å². The minimum absolute atomic E-state index is 0.211. The quantitative estimate of drug-likeness (QED) is 0.196. The van der Waals surface area contributed by atoms with Gasteiger partial charge in [0.05, 0.1) is 13.2 Å². The molecule has 3 N–H and O–H groups in total. The van der Waals surface area contributed by atoms with Gasteiger partial charge in [-0.1, -0.05) is 39.5 Å². The molecule has 0 spiro atoms. The third-order valence-corrected chi connectivity index (χ3v) is 3.66. The molecule has 0 aromatic heterocycles. The largest absolute Gasteiger partial charge is 0.462 e. The number of aliphatic hydroxyl groups excluding tert-OH is 2. The second-order valence-corrected chi connectivity index (χ2v) is 6.26. The predicted octanol–water partition coefficient (Wildman–Crippen LogP) is 1.28. The minimum Gasteiger partial charge on any atom is -0.462 e. The number of aliphatic hydroxyl groups is 2. The first-order valence-corrected chi connectivity index (χ1v) is 8.22. The van der Waals surface area contributed by atoms with Crippen LogP contribution < -0.4 is 0 Å². The van der Waals surface area contributed by atoms with Crippen LogP contribution >= 0.6 is 0 Å². The summed E-state index contributed by atoms with van der Waals surface area (Å²) in [6.45, 7) is 4.01. The number of carbonyl (C=O) groups is 2. The number of unbranched alkanes of at least 4 members (excludes halogenated alkanes) is 3. The van der Waals surface area contributed by atoms with E-state index in [0.717, 1.165) is 19.3 Å². The Hall–Kier alpha value is -1.22. The maximum absolute atomic E-state index is 11.9. The first kappa shape index (κ1) is 22.8. The number of hydrogen-bond acceptors (Lipinski definition) is 8. The maximum Gasteiger partial charge on any atom is 0.347 e. The van der Waals surface area contributed by atoms with Crippen LogP contribution in [-0.4, -0.2) is 59.4 Å². The number of ether oxygens (including phenoxy) is 2. The van der Waals surface area contributed by atoms with Gasteiger partial charge in [-0.15, -0.1) is 0 Å². The zero-order valence-electron chi connectivity index (χ0n) is 14.7. The Bertz CT molecular complexity index is 367. The molecule has 0 bridgehead atoms. The summed E-state index contributed by atoms with van der Waals surface area (Å²) >= 11 is 0. The van der Waals surface area contributed by atoms with E-state index in [2.05, 4.69) is 11.8 Å². The normalized spacial score (nSPS) is 14.1. The Labute approximate surface area is 142 Å². The van der Waals surface area contributed by atoms with E-state index >= 15 is 0 Å². The molecule has 24 heavy (non-hydrogen) atoms. The molecule has 0 saturated heterocycles. The van der Waals surface area contributed by atoms with Crippen LogP contribution in [0.1, 0.15) is 52.9 Å². The first-order valence-electron chi connectivity index (χ1n) is 8.22. The van der Waals surface area contributed by atoms with Crippen molar-refractivity contribution in [3.8, 4) is 0 Å². The molecular weight excluding hydrogens is 320 g/mol. The second kappa shape index (κ2) is 12.2. The van der Waals surface area contributed by atoms with Gasteiger partial charge in [0, 0.05) is 5.41 Å². The summed E-state index contributed by atoms with van der Waals surface area (Å²) in [6, 6.07) is 0. The van der Waals surface area contributed by atoms with Gasteiger partial charge >= 0.3 is 11.9 Å². The molecule has 0 radical (unpaired) electrons. The molecule has 0 rings (SSSR count). The van der Waals surface area contributed by atoms with Crippen LogP contribution in [0.3, 0.4) is 0 Å². The van der Waals surface area contributed by atoms with Crippen molar-refractivity contribution in [2.45, 2.75) is 65.1 Å². The summed E-state index contributed by atoms with van der Waals surface area (Å²) in [6.07, 6.45) is 1.62. The van der Waals surface area contributed by atoms with Gasteiger partial charge in [0.1, 0.15) is 6.61 Å². The zero-order chi connectivity index (χ0) is 18.6. The van der Waals surface area contributed by atoms with Gasteiger partial charge in [0.25, 0.3) is 0 Å². The lowest BCUT2D eigenvalue weighted by atomic mass is 9.94. The summed E-state index contributed by atoms with van der Waals surface area (Å²) in [5.74, 6) is -1.65. The van der Waals surface area contributed by atoms with Gasteiger partial charge in [-0.3, -0.25) is 5.26 Å². The van der Waals surface area contributed by atoms with Crippen LogP contribution in [0, 0.1) is 5.41 Å². The molecule has 0 fully saturated rings. The van der Waals surface area contributed by atoms with Crippen molar-refractivity contribution in [2.75, 3.05) is 19.8 Å². The van der Waals surface area contributed by atoms with Crippen LogP contribution in [-0.2, 0) is 24.0 Å². The van der Waals surface area contributed by atoms with E-state index in [1.807, 2.05) is 0 Å². The molecule has 2 atom stereocenters. The molecule has 0 aromatic rings. The summed E-state index contributed by atoms with van der Waals surface area (Å²) in [4.78, 5) is 27.8. The summed E-state index contributed by atoms with van der Waals surface area (Å²) < 4.78 is 9.87. The van der Waals surface area contributed by atoms with Crippen LogP contribution in [0.2, 0.25) is 0 Å². The molecule has 8 heteroatoms. The Morgan fingerprint density at radius 2 is 1.71 bits per heavy atom.